The second kappa shape index (κ2) is 6.42. The minimum atomic E-state index is 0.581. The average molecular weight is 261 g/mol. The Morgan fingerprint density at radius 2 is 1.84 bits per heavy atom. The fourth-order valence-electron chi connectivity index (χ4n) is 3.58. The molecular weight excluding hydrogens is 234 g/mol. The van der Waals surface area contributed by atoms with Gasteiger partial charge in [0.1, 0.15) is 5.75 Å². The van der Waals surface area contributed by atoms with E-state index in [9.17, 15) is 0 Å². The fraction of sp³-hybridized carbons (Fsp3) is 0.647. The molecule has 1 aliphatic rings. The van der Waals surface area contributed by atoms with Gasteiger partial charge in [-0.15, -0.1) is 0 Å². The summed E-state index contributed by atoms with van der Waals surface area (Å²) in [7, 11) is 3.89. The topological polar surface area (TPSA) is 21.3 Å². The maximum Gasteiger partial charge on any atom is 0.122 e. The number of aryl methyl sites for hydroxylation is 2. The number of nitrogens with one attached hydrogen (secondary N) is 1. The van der Waals surface area contributed by atoms with Crippen LogP contribution < -0.4 is 10.1 Å². The monoisotopic (exact) mass is 261 g/mol. The summed E-state index contributed by atoms with van der Waals surface area (Å²) in [5.74, 6) is 1.66. The lowest BCUT2D eigenvalue weighted by atomic mass is 9.84. The van der Waals surface area contributed by atoms with Gasteiger partial charge in [-0.1, -0.05) is 25.3 Å². The Bertz CT molecular complexity index is 428. The molecular formula is C17H27NO. The number of hydrogen-bond donors (Lipinski definition) is 1. The molecule has 19 heavy (non-hydrogen) atoms. The van der Waals surface area contributed by atoms with Crippen LogP contribution in [0.1, 0.15) is 54.7 Å². The molecule has 2 atom stereocenters. The van der Waals surface area contributed by atoms with Crippen molar-refractivity contribution in [3.63, 3.8) is 0 Å². The van der Waals surface area contributed by atoms with Crippen LogP contribution in [0.25, 0.3) is 0 Å². The van der Waals surface area contributed by atoms with Gasteiger partial charge in [0, 0.05) is 17.5 Å². The second-order valence-corrected chi connectivity index (χ2v) is 5.84. The standard InChI is InChI=1S/C17H27NO/c1-12-10-13(2)17(16(11-12)19-4)14-8-6-5-7-9-15(14)18-3/h10-11,14-15,18H,5-9H2,1-4H3. The van der Waals surface area contributed by atoms with E-state index in [4.69, 9.17) is 4.74 Å². The van der Waals surface area contributed by atoms with Gasteiger partial charge in [0.05, 0.1) is 7.11 Å². The Morgan fingerprint density at radius 1 is 1.11 bits per heavy atom. The van der Waals surface area contributed by atoms with Crippen molar-refractivity contribution in [3.05, 3.63) is 28.8 Å². The van der Waals surface area contributed by atoms with E-state index in [2.05, 4.69) is 38.3 Å². The smallest absolute Gasteiger partial charge is 0.122 e. The number of hydrogen-bond acceptors (Lipinski definition) is 2. The lowest BCUT2D eigenvalue weighted by Crippen LogP contribution is -2.31. The van der Waals surface area contributed by atoms with E-state index in [0.29, 0.717) is 12.0 Å². The molecule has 1 N–H and O–H groups in total. The molecule has 0 saturated heterocycles. The quantitative estimate of drug-likeness (QED) is 0.832. The summed E-state index contributed by atoms with van der Waals surface area (Å²) in [5, 5.41) is 3.53. The van der Waals surface area contributed by atoms with Crippen molar-refractivity contribution in [3.8, 4) is 5.75 Å². The zero-order valence-corrected chi connectivity index (χ0v) is 12.8. The Hall–Kier alpha value is -1.02. The molecule has 0 bridgehead atoms. The molecule has 0 amide bonds. The van der Waals surface area contributed by atoms with Crippen molar-refractivity contribution >= 4 is 0 Å². The van der Waals surface area contributed by atoms with Crippen molar-refractivity contribution in [1.82, 2.24) is 5.32 Å². The Kier molecular flexibility index (Phi) is 4.87. The molecule has 1 fully saturated rings. The van der Waals surface area contributed by atoms with Crippen LogP contribution in [0.5, 0.6) is 5.75 Å². The first-order valence-corrected chi connectivity index (χ1v) is 7.49. The van der Waals surface area contributed by atoms with Crippen LogP contribution in [-0.2, 0) is 0 Å². The van der Waals surface area contributed by atoms with Gasteiger partial charge in [-0.2, -0.15) is 0 Å². The van der Waals surface area contributed by atoms with Crippen LogP contribution in [0.15, 0.2) is 12.1 Å². The van der Waals surface area contributed by atoms with Gasteiger partial charge in [0.2, 0.25) is 0 Å². The summed E-state index contributed by atoms with van der Waals surface area (Å²) in [6.45, 7) is 4.37. The SMILES string of the molecule is CNC1CCCCCC1c1c(C)cc(C)cc1OC. The Labute approximate surface area is 117 Å². The fourth-order valence-corrected chi connectivity index (χ4v) is 3.58. The van der Waals surface area contributed by atoms with Crippen molar-refractivity contribution in [2.24, 2.45) is 0 Å². The molecule has 1 aliphatic carbocycles. The second-order valence-electron chi connectivity index (χ2n) is 5.84. The summed E-state index contributed by atoms with van der Waals surface area (Å²) in [4.78, 5) is 0. The Morgan fingerprint density at radius 3 is 2.53 bits per heavy atom. The first kappa shape index (κ1) is 14.4. The lowest BCUT2D eigenvalue weighted by Gasteiger charge is -2.28. The zero-order valence-electron chi connectivity index (χ0n) is 12.8. The minimum absolute atomic E-state index is 0.581. The van der Waals surface area contributed by atoms with Crippen molar-refractivity contribution < 1.29 is 4.74 Å². The maximum atomic E-state index is 5.67. The molecule has 1 aromatic rings. The van der Waals surface area contributed by atoms with Gasteiger partial charge < -0.3 is 10.1 Å². The Balaban J connectivity index is 2.42. The van der Waals surface area contributed by atoms with E-state index >= 15 is 0 Å². The van der Waals surface area contributed by atoms with Gasteiger partial charge in [0.15, 0.2) is 0 Å². The number of methoxy groups -OCH3 is 1. The molecule has 0 aliphatic heterocycles. The molecule has 2 heteroatoms. The van der Waals surface area contributed by atoms with Gasteiger partial charge in [-0.25, -0.2) is 0 Å². The van der Waals surface area contributed by atoms with Crippen LogP contribution in [0.4, 0.5) is 0 Å². The molecule has 0 spiro atoms. The van der Waals surface area contributed by atoms with E-state index in [1.165, 1.54) is 48.8 Å². The maximum absolute atomic E-state index is 5.67. The van der Waals surface area contributed by atoms with Gasteiger partial charge in [-0.05, 0) is 50.9 Å². The van der Waals surface area contributed by atoms with E-state index in [-0.39, 0.29) is 0 Å². The predicted molar refractivity (Wildman–Crippen MR) is 81.1 cm³/mol. The van der Waals surface area contributed by atoms with E-state index in [1.807, 2.05) is 0 Å². The summed E-state index contributed by atoms with van der Waals surface area (Å²) in [6.07, 6.45) is 6.58. The van der Waals surface area contributed by atoms with Crippen LogP contribution in [0.3, 0.4) is 0 Å². The van der Waals surface area contributed by atoms with E-state index in [0.717, 1.165) is 5.75 Å². The molecule has 0 aromatic heterocycles. The lowest BCUT2D eigenvalue weighted by molar-refractivity contribution is 0.384. The predicted octanol–water partition coefficient (Wildman–Crippen LogP) is 3.95. The van der Waals surface area contributed by atoms with Crippen molar-refractivity contribution in [2.45, 2.75) is 57.9 Å². The molecule has 0 radical (unpaired) electrons. The normalized spacial score (nSPS) is 24.0. The molecule has 106 valence electrons. The number of rotatable bonds is 3. The first-order chi connectivity index (χ1) is 9.17. The number of likely N-dealkylation sites (N-methyl/N-ethyl adjacent to an activating group) is 1. The van der Waals surface area contributed by atoms with Crippen LogP contribution in [0.2, 0.25) is 0 Å². The summed E-state index contributed by atoms with van der Waals surface area (Å²) in [6, 6.07) is 5.05. The van der Waals surface area contributed by atoms with Crippen molar-refractivity contribution in [2.75, 3.05) is 14.2 Å². The average Bonchev–Trinajstić information content (AvgIpc) is 2.62. The molecule has 2 unspecified atom stereocenters. The highest BCUT2D eigenvalue weighted by molar-refractivity contribution is 5.46. The summed E-state index contributed by atoms with van der Waals surface area (Å²) < 4.78 is 5.67. The minimum Gasteiger partial charge on any atom is -0.496 e. The van der Waals surface area contributed by atoms with Crippen LogP contribution in [-0.4, -0.2) is 20.2 Å². The van der Waals surface area contributed by atoms with Gasteiger partial charge in [-0.3, -0.25) is 0 Å². The third-order valence-corrected chi connectivity index (χ3v) is 4.47. The third kappa shape index (κ3) is 3.11. The first-order valence-electron chi connectivity index (χ1n) is 7.49. The van der Waals surface area contributed by atoms with E-state index < -0.39 is 0 Å². The largest absolute Gasteiger partial charge is 0.496 e. The van der Waals surface area contributed by atoms with Crippen molar-refractivity contribution in [1.29, 1.82) is 0 Å². The zero-order chi connectivity index (χ0) is 13.8. The molecule has 0 heterocycles. The number of benzene rings is 1. The van der Waals surface area contributed by atoms with Crippen LogP contribution >= 0.6 is 0 Å². The molecule has 1 saturated carbocycles. The summed E-state index contributed by atoms with van der Waals surface area (Å²) in [5.41, 5.74) is 4.09. The molecule has 2 rings (SSSR count). The van der Waals surface area contributed by atoms with Gasteiger partial charge >= 0.3 is 0 Å². The highest BCUT2D eigenvalue weighted by Crippen LogP contribution is 2.39. The van der Waals surface area contributed by atoms with Gasteiger partial charge in [0.25, 0.3) is 0 Å². The molecule has 2 nitrogen and oxygen atoms in total. The summed E-state index contributed by atoms with van der Waals surface area (Å²) >= 11 is 0. The van der Waals surface area contributed by atoms with E-state index in [1.54, 1.807) is 7.11 Å². The van der Waals surface area contributed by atoms with Crippen LogP contribution in [0, 0.1) is 13.8 Å². The highest BCUT2D eigenvalue weighted by atomic mass is 16.5. The molecule has 1 aromatic carbocycles. The third-order valence-electron chi connectivity index (χ3n) is 4.47. The highest BCUT2D eigenvalue weighted by Gasteiger charge is 2.27. The number of ether oxygens (including phenoxy) is 1.